The number of aldehydes is 1. The first-order valence-electron chi connectivity index (χ1n) is 14.8. The fourth-order valence-corrected chi connectivity index (χ4v) is 6.32. The van der Waals surface area contributed by atoms with Crippen LogP contribution < -0.4 is 14.2 Å². The fourth-order valence-electron chi connectivity index (χ4n) is 5.82. The highest BCUT2D eigenvalue weighted by Gasteiger charge is 2.29. The quantitative estimate of drug-likeness (QED) is 0.132. The van der Waals surface area contributed by atoms with Gasteiger partial charge in [0, 0.05) is 49.2 Å². The van der Waals surface area contributed by atoms with Crippen LogP contribution in [0.15, 0.2) is 67.0 Å². The van der Waals surface area contributed by atoms with Gasteiger partial charge in [0.15, 0.2) is 6.29 Å². The van der Waals surface area contributed by atoms with E-state index in [2.05, 4.69) is 28.1 Å². The van der Waals surface area contributed by atoms with Crippen molar-refractivity contribution in [2.45, 2.75) is 38.1 Å². The molecule has 1 N–H and O–H groups in total. The number of carbonyl (C=O) groups excluding carboxylic acids is 1. The average molecular weight is 645 g/mol. The van der Waals surface area contributed by atoms with Crippen molar-refractivity contribution in [2.24, 2.45) is 0 Å². The first-order chi connectivity index (χ1) is 21.9. The van der Waals surface area contributed by atoms with Crippen molar-refractivity contribution in [3.8, 4) is 34.4 Å². The summed E-state index contributed by atoms with van der Waals surface area (Å²) in [5, 5.41) is 19.5. The lowest BCUT2D eigenvalue weighted by molar-refractivity contribution is 0.0000492. The van der Waals surface area contributed by atoms with Crippen LogP contribution in [-0.2, 0) is 13.0 Å². The number of aliphatic hydroxyl groups is 1. The molecule has 0 saturated carbocycles. The van der Waals surface area contributed by atoms with E-state index >= 15 is 0 Å². The summed E-state index contributed by atoms with van der Waals surface area (Å²) in [6, 6.07) is 18.9. The number of ether oxygens (including phenoxy) is 3. The Morgan fingerprint density at radius 3 is 2.64 bits per heavy atom. The molecule has 1 saturated heterocycles. The highest BCUT2D eigenvalue weighted by Crippen LogP contribution is 2.45. The molecule has 1 aliphatic heterocycles. The Labute approximate surface area is 271 Å². The van der Waals surface area contributed by atoms with Gasteiger partial charge in [-0.25, -0.2) is 0 Å². The van der Waals surface area contributed by atoms with Gasteiger partial charge in [-0.15, -0.1) is 0 Å². The second-order valence-electron chi connectivity index (χ2n) is 11.2. The largest absolute Gasteiger partial charge is 0.492 e. The van der Waals surface area contributed by atoms with Gasteiger partial charge in [0.05, 0.1) is 33.9 Å². The smallest absolute Gasteiger partial charge is 0.153 e. The van der Waals surface area contributed by atoms with Gasteiger partial charge in [-0.05, 0) is 54.2 Å². The molecule has 3 aromatic carbocycles. The summed E-state index contributed by atoms with van der Waals surface area (Å²) < 4.78 is 18.4. The number of aromatic nitrogens is 1. The Hall–Kier alpha value is -4.13. The third-order valence-electron chi connectivity index (χ3n) is 8.06. The third kappa shape index (κ3) is 6.92. The molecule has 10 heteroatoms. The molecule has 2 heterocycles. The van der Waals surface area contributed by atoms with Crippen molar-refractivity contribution in [3.05, 3.63) is 105 Å². The maximum atomic E-state index is 11.8. The summed E-state index contributed by atoms with van der Waals surface area (Å²) in [5.41, 5.74) is 5.54. The van der Waals surface area contributed by atoms with Crippen LogP contribution in [0.5, 0.6) is 17.2 Å². The van der Waals surface area contributed by atoms with E-state index in [1.54, 1.807) is 18.3 Å². The minimum atomic E-state index is -0.262. The van der Waals surface area contributed by atoms with Crippen LogP contribution in [0.2, 0.25) is 10.0 Å². The van der Waals surface area contributed by atoms with E-state index < -0.39 is 0 Å². The Morgan fingerprint density at radius 1 is 1.02 bits per heavy atom. The molecular formula is C35H31Cl2N3O5. The molecular weight excluding hydrogens is 613 g/mol. The molecule has 45 heavy (non-hydrogen) atoms. The Bertz CT molecular complexity index is 1750. The second kappa shape index (κ2) is 13.9. The summed E-state index contributed by atoms with van der Waals surface area (Å²) >= 11 is 13.5. The molecule has 0 amide bonds. The maximum absolute atomic E-state index is 11.8. The lowest BCUT2D eigenvalue weighted by atomic mass is 9.96. The molecule has 0 radical (unpaired) electrons. The summed E-state index contributed by atoms with van der Waals surface area (Å²) in [6.45, 7) is 2.99. The number of carbonyl (C=O) groups is 1. The van der Waals surface area contributed by atoms with Crippen LogP contribution >= 0.6 is 23.2 Å². The maximum Gasteiger partial charge on any atom is 0.153 e. The van der Waals surface area contributed by atoms with Crippen LogP contribution in [-0.4, -0.2) is 53.6 Å². The number of likely N-dealkylation sites (tertiary alicyclic amines) is 1. The highest BCUT2D eigenvalue weighted by atomic mass is 35.5. The van der Waals surface area contributed by atoms with Gasteiger partial charge in [-0.3, -0.25) is 14.7 Å². The summed E-state index contributed by atoms with van der Waals surface area (Å²) in [4.78, 5) is 18.1. The van der Waals surface area contributed by atoms with Crippen LogP contribution in [0, 0.1) is 11.3 Å². The van der Waals surface area contributed by atoms with E-state index in [4.69, 9.17) is 42.7 Å². The van der Waals surface area contributed by atoms with E-state index in [-0.39, 0.29) is 18.8 Å². The highest BCUT2D eigenvalue weighted by molar-refractivity contribution is 6.35. The monoisotopic (exact) mass is 643 g/mol. The topological polar surface area (TPSA) is 105 Å². The number of pyridine rings is 1. The zero-order valence-corrected chi connectivity index (χ0v) is 25.9. The Balaban J connectivity index is 1.17. The molecule has 1 unspecified atom stereocenters. The van der Waals surface area contributed by atoms with Gasteiger partial charge in [-0.2, -0.15) is 5.26 Å². The SMILES string of the molecule is N#Cc1cncc(COc2cc(OC3CCc4c(-c5cccc(OCCCN6CC(O)C6)c5Cl)cccc43)c(Cl)cc2C=O)c1. The minimum Gasteiger partial charge on any atom is -0.492 e. The van der Waals surface area contributed by atoms with Crippen LogP contribution in [0.3, 0.4) is 0 Å². The van der Waals surface area contributed by atoms with Crippen molar-refractivity contribution in [3.63, 3.8) is 0 Å². The molecule has 8 nitrogen and oxygen atoms in total. The number of rotatable bonds is 12. The van der Waals surface area contributed by atoms with Crippen molar-refractivity contribution in [1.29, 1.82) is 5.26 Å². The number of nitrogens with zero attached hydrogens (tertiary/aromatic N) is 3. The molecule has 0 spiro atoms. The van der Waals surface area contributed by atoms with E-state index in [1.807, 2.05) is 24.3 Å². The van der Waals surface area contributed by atoms with Gasteiger partial charge in [0.1, 0.15) is 36.0 Å². The number of hydrogen-bond donors (Lipinski definition) is 1. The zero-order chi connectivity index (χ0) is 31.3. The molecule has 2 aliphatic rings. The number of aliphatic hydroxyl groups excluding tert-OH is 1. The number of hydrogen-bond acceptors (Lipinski definition) is 8. The number of benzene rings is 3. The number of fused-ring (bicyclic) bond motifs is 1. The molecule has 4 aromatic rings. The van der Waals surface area contributed by atoms with Crippen molar-refractivity contribution in [2.75, 3.05) is 26.2 Å². The predicted octanol–water partition coefficient (Wildman–Crippen LogP) is 6.83. The van der Waals surface area contributed by atoms with E-state index in [0.29, 0.717) is 56.9 Å². The first-order valence-corrected chi connectivity index (χ1v) is 15.5. The molecule has 1 atom stereocenters. The molecule has 6 rings (SSSR count). The summed E-state index contributed by atoms with van der Waals surface area (Å²) in [6.07, 6.45) is 5.67. The molecule has 230 valence electrons. The zero-order valence-electron chi connectivity index (χ0n) is 24.4. The Kier molecular flexibility index (Phi) is 9.53. The predicted molar refractivity (Wildman–Crippen MR) is 171 cm³/mol. The van der Waals surface area contributed by atoms with Crippen molar-refractivity contribution < 1.29 is 24.1 Å². The average Bonchev–Trinajstić information content (AvgIpc) is 3.45. The minimum absolute atomic E-state index is 0.117. The molecule has 1 aromatic heterocycles. The fraction of sp³-hybridized carbons (Fsp3) is 0.286. The van der Waals surface area contributed by atoms with E-state index in [1.165, 1.54) is 12.3 Å². The lowest BCUT2D eigenvalue weighted by Crippen LogP contribution is -2.50. The molecule has 1 aliphatic carbocycles. The first kappa shape index (κ1) is 30.9. The summed E-state index contributed by atoms with van der Waals surface area (Å²) in [7, 11) is 0. The lowest BCUT2D eigenvalue weighted by Gasteiger charge is -2.35. The summed E-state index contributed by atoms with van der Waals surface area (Å²) in [5.74, 6) is 1.38. The van der Waals surface area contributed by atoms with E-state index in [9.17, 15) is 9.90 Å². The molecule has 0 bridgehead atoms. The third-order valence-corrected chi connectivity index (χ3v) is 8.75. The van der Waals surface area contributed by atoms with Gasteiger partial charge in [0.25, 0.3) is 0 Å². The van der Waals surface area contributed by atoms with E-state index in [0.717, 1.165) is 61.2 Å². The van der Waals surface area contributed by atoms with Gasteiger partial charge in [-0.1, -0.05) is 53.5 Å². The van der Waals surface area contributed by atoms with Crippen molar-refractivity contribution >= 4 is 29.5 Å². The van der Waals surface area contributed by atoms with Gasteiger partial charge in [0.2, 0.25) is 0 Å². The van der Waals surface area contributed by atoms with Crippen LogP contribution in [0.4, 0.5) is 0 Å². The number of nitriles is 1. The molecule has 1 fully saturated rings. The van der Waals surface area contributed by atoms with Crippen LogP contribution in [0.1, 0.15) is 51.6 Å². The Morgan fingerprint density at radius 2 is 1.84 bits per heavy atom. The normalized spacial score (nSPS) is 16.0. The van der Waals surface area contributed by atoms with Gasteiger partial charge < -0.3 is 19.3 Å². The van der Waals surface area contributed by atoms with Crippen molar-refractivity contribution in [1.82, 2.24) is 9.88 Å². The standard InChI is InChI=1S/C35H31Cl2N3O5/c36-30-13-24(20-41)33(44-21-23-12-22(15-38)16-39-17-23)14-34(30)45-31-9-8-27-26(4-1-5-28(27)31)29-6-2-7-32(35(29)37)43-11-3-10-40-18-25(42)19-40/h1-2,4-7,12-14,16-17,20,25,31,42H,3,8-11,18-19,21H2. The van der Waals surface area contributed by atoms with Crippen LogP contribution in [0.25, 0.3) is 11.1 Å². The van der Waals surface area contributed by atoms with Gasteiger partial charge >= 0.3 is 0 Å². The second-order valence-corrected chi connectivity index (χ2v) is 12.0. The number of β-amino-alcohol motifs (C(OH)–C–C–N with tert-alkyl or cyclic N) is 1. The number of halogens is 2.